The summed E-state index contributed by atoms with van der Waals surface area (Å²) < 4.78 is 1.18. The lowest BCUT2D eigenvalue weighted by molar-refractivity contribution is 1.18. The first-order chi connectivity index (χ1) is 21.3. The fourth-order valence-corrected chi connectivity index (χ4v) is 6.68. The standard InChI is InChI=1S/C39H25N3S/c1-4-13-26(14-5-1)34-25-35(41-38(40-34)27-15-6-2-7-16-27)32-24-23-31(29-19-10-11-20-30(29)32)33-21-12-22-36-37(33)42-39(43-36)28-17-8-3-9-18-28/h1-25H. The molecular weight excluding hydrogens is 543 g/mol. The highest BCUT2D eigenvalue weighted by atomic mass is 32.1. The maximum Gasteiger partial charge on any atom is 0.160 e. The molecule has 0 fully saturated rings. The molecule has 43 heavy (non-hydrogen) atoms. The molecular formula is C39H25N3S. The van der Waals surface area contributed by atoms with E-state index in [1.54, 1.807) is 11.3 Å². The number of hydrogen-bond donors (Lipinski definition) is 0. The lowest BCUT2D eigenvalue weighted by Gasteiger charge is -2.14. The van der Waals surface area contributed by atoms with Crippen LogP contribution in [0, 0.1) is 0 Å². The number of benzene rings is 6. The molecule has 0 saturated heterocycles. The molecule has 0 radical (unpaired) electrons. The molecule has 3 nitrogen and oxygen atoms in total. The van der Waals surface area contributed by atoms with Gasteiger partial charge in [-0.1, -0.05) is 140 Å². The van der Waals surface area contributed by atoms with Crippen molar-refractivity contribution in [2.75, 3.05) is 0 Å². The molecule has 0 aliphatic rings. The van der Waals surface area contributed by atoms with Crippen LogP contribution in [0.1, 0.15) is 0 Å². The number of aromatic nitrogens is 3. The van der Waals surface area contributed by atoms with Gasteiger partial charge in [0.2, 0.25) is 0 Å². The fraction of sp³-hybridized carbons (Fsp3) is 0. The van der Waals surface area contributed by atoms with Crippen LogP contribution in [0.25, 0.3) is 76.6 Å². The number of thiazole rings is 1. The molecule has 8 aromatic rings. The van der Waals surface area contributed by atoms with Crippen LogP contribution < -0.4 is 0 Å². The van der Waals surface area contributed by atoms with Crippen molar-refractivity contribution in [2.45, 2.75) is 0 Å². The molecule has 4 heteroatoms. The molecule has 0 unspecified atom stereocenters. The third-order valence-electron chi connectivity index (χ3n) is 7.76. The van der Waals surface area contributed by atoms with E-state index in [9.17, 15) is 0 Å². The highest BCUT2D eigenvalue weighted by Gasteiger charge is 2.17. The van der Waals surface area contributed by atoms with E-state index in [1.165, 1.54) is 10.1 Å². The van der Waals surface area contributed by atoms with Crippen molar-refractivity contribution < 1.29 is 0 Å². The largest absolute Gasteiger partial charge is 0.235 e. The minimum atomic E-state index is 0.714. The van der Waals surface area contributed by atoms with Crippen LogP contribution in [-0.4, -0.2) is 15.0 Å². The fourth-order valence-electron chi connectivity index (χ4n) is 5.69. The average molecular weight is 568 g/mol. The van der Waals surface area contributed by atoms with Crippen LogP contribution in [0.4, 0.5) is 0 Å². The van der Waals surface area contributed by atoms with E-state index >= 15 is 0 Å². The monoisotopic (exact) mass is 567 g/mol. The van der Waals surface area contributed by atoms with Gasteiger partial charge in [0.15, 0.2) is 5.82 Å². The molecule has 8 rings (SSSR count). The molecule has 2 aromatic heterocycles. The molecule has 0 aliphatic carbocycles. The van der Waals surface area contributed by atoms with Crippen LogP contribution in [-0.2, 0) is 0 Å². The third-order valence-corrected chi connectivity index (χ3v) is 8.83. The second-order valence-electron chi connectivity index (χ2n) is 10.4. The maximum absolute atomic E-state index is 5.13. The Labute approximate surface area is 253 Å². The Hall–Kier alpha value is -5.45. The Morgan fingerprint density at radius 1 is 0.395 bits per heavy atom. The Bertz CT molecular complexity index is 2170. The van der Waals surface area contributed by atoms with Gasteiger partial charge in [-0.3, -0.25) is 0 Å². The van der Waals surface area contributed by atoms with E-state index < -0.39 is 0 Å². The van der Waals surface area contributed by atoms with Crippen LogP contribution in [0.2, 0.25) is 0 Å². The van der Waals surface area contributed by atoms with Gasteiger partial charge in [0.25, 0.3) is 0 Å². The number of hydrogen-bond acceptors (Lipinski definition) is 4. The smallest absolute Gasteiger partial charge is 0.160 e. The van der Waals surface area contributed by atoms with Gasteiger partial charge in [-0.05, 0) is 28.5 Å². The Balaban J connectivity index is 1.32. The van der Waals surface area contributed by atoms with Gasteiger partial charge >= 0.3 is 0 Å². The molecule has 0 atom stereocenters. The van der Waals surface area contributed by atoms with Crippen LogP contribution in [0.3, 0.4) is 0 Å². The molecule has 0 amide bonds. The Kier molecular flexibility index (Phi) is 6.32. The minimum Gasteiger partial charge on any atom is -0.235 e. The summed E-state index contributed by atoms with van der Waals surface area (Å²) in [6.45, 7) is 0. The van der Waals surface area contributed by atoms with Crippen molar-refractivity contribution in [2.24, 2.45) is 0 Å². The highest BCUT2D eigenvalue weighted by Crippen LogP contribution is 2.41. The number of para-hydroxylation sites is 1. The molecule has 0 saturated carbocycles. The Morgan fingerprint density at radius 3 is 1.70 bits per heavy atom. The van der Waals surface area contributed by atoms with Crippen molar-refractivity contribution in [1.29, 1.82) is 0 Å². The van der Waals surface area contributed by atoms with E-state index in [1.807, 2.05) is 42.5 Å². The Morgan fingerprint density at radius 2 is 0.977 bits per heavy atom. The van der Waals surface area contributed by atoms with Gasteiger partial charge in [0.05, 0.1) is 21.6 Å². The summed E-state index contributed by atoms with van der Waals surface area (Å²) in [6.07, 6.45) is 0. The molecule has 0 aliphatic heterocycles. The summed E-state index contributed by atoms with van der Waals surface area (Å²) >= 11 is 1.74. The van der Waals surface area contributed by atoms with E-state index in [0.717, 1.165) is 60.7 Å². The van der Waals surface area contributed by atoms with Crippen LogP contribution in [0.15, 0.2) is 152 Å². The van der Waals surface area contributed by atoms with Crippen molar-refractivity contribution in [3.63, 3.8) is 0 Å². The van der Waals surface area contributed by atoms with E-state index in [2.05, 4.69) is 109 Å². The molecule has 202 valence electrons. The van der Waals surface area contributed by atoms with E-state index in [4.69, 9.17) is 15.0 Å². The van der Waals surface area contributed by atoms with Crippen molar-refractivity contribution in [1.82, 2.24) is 15.0 Å². The summed E-state index contributed by atoms with van der Waals surface area (Å²) in [5.41, 5.74) is 9.40. The lowest BCUT2D eigenvalue weighted by atomic mass is 9.93. The van der Waals surface area contributed by atoms with Gasteiger partial charge in [-0.15, -0.1) is 11.3 Å². The first-order valence-corrected chi connectivity index (χ1v) is 15.1. The van der Waals surface area contributed by atoms with Crippen LogP contribution in [0.5, 0.6) is 0 Å². The van der Waals surface area contributed by atoms with Gasteiger partial charge < -0.3 is 0 Å². The molecule has 6 aromatic carbocycles. The molecule has 0 bridgehead atoms. The summed E-state index contributed by atoms with van der Waals surface area (Å²) in [5, 5.41) is 3.35. The van der Waals surface area contributed by atoms with Crippen molar-refractivity contribution in [3.8, 4) is 55.6 Å². The second-order valence-corrected chi connectivity index (χ2v) is 11.5. The summed E-state index contributed by atoms with van der Waals surface area (Å²) in [5.74, 6) is 0.714. The third kappa shape index (κ3) is 4.68. The lowest BCUT2D eigenvalue weighted by Crippen LogP contribution is -1.96. The quantitative estimate of drug-likeness (QED) is 0.208. The summed E-state index contributed by atoms with van der Waals surface area (Å²) in [6, 6.07) is 52.5. The van der Waals surface area contributed by atoms with Gasteiger partial charge in [0.1, 0.15) is 5.01 Å². The normalized spacial score (nSPS) is 11.3. The summed E-state index contributed by atoms with van der Waals surface area (Å²) in [4.78, 5) is 15.2. The number of rotatable bonds is 5. The van der Waals surface area contributed by atoms with Gasteiger partial charge in [0, 0.05) is 27.8 Å². The molecule has 0 N–H and O–H groups in total. The summed E-state index contributed by atoms with van der Waals surface area (Å²) in [7, 11) is 0. The number of nitrogens with zero attached hydrogens (tertiary/aromatic N) is 3. The SMILES string of the molecule is c1ccc(-c2cc(-c3ccc(-c4cccc5sc(-c6ccccc6)nc45)c4ccccc34)nc(-c3ccccc3)n2)cc1. The average Bonchev–Trinajstić information content (AvgIpc) is 3.54. The van der Waals surface area contributed by atoms with Crippen molar-refractivity contribution in [3.05, 3.63) is 152 Å². The topological polar surface area (TPSA) is 38.7 Å². The zero-order chi connectivity index (χ0) is 28.6. The van der Waals surface area contributed by atoms with Crippen molar-refractivity contribution >= 4 is 32.3 Å². The van der Waals surface area contributed by atoms with E-state index in [-0.39, 0.29) is 0 Å². The second kappa shape index (κ2) is 10.8. The molecule has 0 spiro atoms. The predicted octanol–water partition coefficient (Wildman–Crippen LogP) is 10.6. The first-order valence-electron chi connectivity index (χ1n) is 14.3. The molecule has 2 heterocycles. The zero-order valence-corrected chi connectivity index (χ0v) is 24.0. The van der Waals surface area contributed by atoms with Gasteiger partial charge in [-0.2, -0.15) is 0 Å². The van der Waals surface area contributed by atoms with E-state index in [0.29, 0.717) is 5.82 Å². The van der Waals surface area contributed by atoms with Gasteiger partial charge in [-0.25, -0.2) is 15.0 Å². The zero-order valence-electron chi connectivity index (χ0n) is 23.2. The minimum absolute atomic E-state index is 0.714. The highest BCUT2D eigenvalue weighted by molar-refractivity contribution is 7.21. The first kappa shape index (κ1) is 25.3. The maximum atomic E-state index is 5.13. The number of fused-ring (bicyclic) bond motifs is 2. The van der Waals surface area contributed by atoms with Crippen LogP contribution >= 0.6 is 11.3 Å². The predicted molar refractivity (Wildman–Crippen MR) is 180 cm³/mol.